The van der Waals surface area contributed by atoms with Crippen LogP contribution in [-0.4, -0.2) is 15.9 Å². The molecule has 0 radical (unpaired) electrons. The predicted molar refractivity (Wildman–Crippen MR) is 94.0 cm³/mol. The van der Waals surface area contributed by atoms with Gasteiger partial charge in [-0.2, -0.15) is 4.98 Å². The SMILES string of the molecule is NC(=O)c1cnc(NCc2cccc(F)c2)nc1Nc1ccccc1. The first-order valence-corrected chi connectivity index (χ1v) is 7.59. The fourth-order valence-electron chi connectivity index (χ4n) is 2.23. The first kappa shape index (κ1) is 16.4. The van der Waals surface area contributed by atoms with E-state index in [0.29, 0.717) is 18.3 Å². The minimum atomic E-state index is -0.630. The largest absolute Gasteiger partial charge is 0.365 e. The lowest BCUT2D eigenvalue weighted by Gasteiger charge is -2.11. The fraction of sp³-hybridized carbons (Fsp3) is 0.0556. The molecule has 0 saturated heterocycles. The molecule has 0 saturated carbocycles. The Hall–Kier alpha value is -3.48. The van der Waals surface area contributed by atoms with Gasteiger partial charge < -0.3 is 16.4 Å². The van der Waals surface area contributed by atoms with Gasteiger partial charge in [-0.05, 0) is 29.8 Å². The molecule has 0 aliphatic heterocycles. The monoisotopic (exact) mass is 337 g/mol. The third-order valence-corrected chi connectivity index (χ3v) is 3.43. The first-order chi connectivity index (χ1) is 12.1. The van der Waals surface area contributed by atoms with Crippen molar-refractivity contribution in [1.29, 1.82) is 0 Å². The Morgan fingerprint density at radius 2 is 1.92 bits per heavy atom. The van der Waals surface area contributed by atoms with Crippen LogP contribution in [0, 0.1) is 5.82 Å². The van der Waals surface area contributed by atoms with Gasteiger partial charge in [0.2, 0.25) is 5.95 Å². The molecule has 0 bridgehead atoms. The lowest BCUT2D eigenvalue weighted by molar-refractivity contribution is 0.100. The summed E-state index contributed by atoms with van der Waals surface area (Å²) in [5.41, 5.74) is 7.07. The van der Waals surface area contributed by atoms with E-state index in [4.69, 9.17) is 5.73 Å². The van der Waals surface area contributed by atoms with Crippen LogP contribution in [0.4, 0.5) is 21.8 Å². The first-order valence-electron chi connectivity index (χ1n) is 7.59. The van der Waals surface area contributed by atoms with E-state index in [9.17, 15) is 9.18 Å². The number of aromatic nitrogens is 2. The van der Waals surface area contributed by atoms with Crippen LogP contribution in [0.2, 0.25) is 0 Å². The maximum atomic E-state index is 13.2. The van der Waals surface area contributed by atoms with Gasteiger partial charge in [-0.1, -0.05) is 30.3 Å². The molecule has 1 aromatic heterocycles. The lowest BCUT2D eigenvalue weighted by Crippen LogP contribution is -2.16. The number of nitrogens with zero attached hydrogens (tertiary/aromatic N) is 2. The van der Waals surface area contributed by atoms with Crippen LogP contribution in [-0.2, 0) is 6.54 Å². The van der Waals surface area contributed by atoms with E-state index >= 15 is 0 Å². The summed E-state index contributed by atoms with van der Waals surface area (Å²) in [7, 11) is 0. The minimum Gasteiger partial charge on any atom is -0.365 e. The summed E-state index contributed by atoms with van der Waals surface area (Å²) in [6, 6.07) is 15.5. The molecule has 25 heavy (non-hydrogen) atoms. The third-order valence-electron chi connectivity index (χ3n) is 3.43. The average molecular weight is 337 g/mol. The Morgan fingerprint density at radius 3 is 2.64 bits per heavy atom. The number of hydrogen-bond donors (Lipinski definition) is 3. The summed E-state index contributed by atoms with van der Waals surface area (Å²) >= 11 is 0. The second-order valence-electron chi connectivity index (χ2n) is 5.29. The summed E-state index contributed by atoms with van der Waals surface area (Å²) in [6.07, 6.45) is 1.36. The second-order valence-corrected chi connectivity index (χ2v) is 5.29. The quantitative estimate of drug-likeness (QED) is 0.643. The molecule has 0 spiro atoms. The molecule has 6 nitrogen and oxygen atoms in total. The Labute approximate surface area is 143 Å². The number of para-hydroxylation sites is 1. The van der Waals surface area contributed by atoms with E-state index < -0.39 is 5.91 Å². The Bertz CT molecular complexity index is 886. The molecule has 0 fully saturated rings. The highest BCUT2D eigenvalue weighted by Gasteiger charge is 2.12. The van der Waals surface area contributed by atoms with Crippen molar-refractivity contribution in [2.75, 3.05) is 10.6 Å². The van der Waals surface area contributed by atoms with E-state index in [0.717, 1.165) is 11.3 Å². The zero-order valence-corrected chi connectivity index (χ0v) is 13.2. The van der Waals surface area contributed by atoms with E-state index in [2.05, 4.69) is 20.6 Å². The number of rotatable bonds is 6. The molecular formula is C18H16FN5O. The van der Waals surface area contributed by atoms with Gasteiger partial charge in [0.1, 0.15) is 17.2 Å². The molecule has 4 N–H and O–H groups in total. The minimum absolute atomic E-state index is 0.181. The molecular weight excluding hydrogens is 321 g/mol. The maximum absolute atomic E-state index is 13.2. The molecule has 7 heteroatoms. The number of nitrogens with one attached hydrogen (secondary N) is 2. The molecule has 3 aromatic rings. The molecule has 2 aromatic carbocycles. The van der Waals surface area contributed by atoms with E-state index in [1.54, 1.807) is 12.1 Å². The zero-order chi connectivity index (χ0) is 17.6. The number of nitrogens with two attached hydrogens (primary N) is 1. The molecule has 0 aliphatic carbocycles. The Kier molecular flexibility index (Phi) is 4.84. The molecule has 0 atom stereocenters. The Morgan fingerprint density at radius 1 is 1.12 bits per heavy atom. The molecule has 0 unspecified atom stereocenters. The highest BCUT2D eigenvalue weighted by Crippen LogP contribution is 2.19. The van der Waals surface area contributed by atoms with E-state index in [1.807, 2.05) is 30.3 Å². The van der Waals surface area contributed by atoms with Crippen molar-refractivity contribution < 1.29 is 9.18 Å². The summed E-state index contributed by atoms with van der Waals surface area (Å²) in [5.74, 6) is -0.339. The average Bonchev–Trinajstić information content (AvgIpc) is 2.61. The molecule has 1 amide bonds. The van der Waals surface area contributed by atoms with Crippen molar-refractivity contribution >= 4 is 23.4 Å². The van der Waals surface area contributed by atoms with Crippen molar-refractivity contribution in [3.8, 4) is 0 Å². The number of halogens is 1. The van der Waals surface area contributed by atoms with Crippen LogP contribution >= 0.6 is 0 Å². The lowest BCUT2D eigenvalue weighted by atomic mass is 10.2. The van der Waals surface area contributed by atoms with Gasteiger partial charge in [-0.3, -0.25) is 4.79 Å². The van der Waals surface area contributed by atoms with Crippen LogP contribution in [0.15, 0.2) is 60.8 Å². The number of primary amides is 1. The van der Waals surface area contributed by atoms with Crippen LogP contribution in [0.1, 0.15) is 15.9 Å². The summed E-state index contributed by atoms with van der Waals surface area (Å²) in [6.45, 7) is 0.346. The fourth-order valence-corrected chi connectivity index (χ4v) is 2.23. The second kappa shape index (κ2) is 7.39. The molecule has 0 aliphatic rings. The van der Waals surface area contributed by atoms with Crippen LogP contribution in [0.3, 0.4) is 0 Å². The molecule has 3 rings (SSSR count). The van der Waals surface area contributed by atoms with Gasteiger partial charge in [-0.25, -0.2) is 9.37 Å². The zero-order valence-electron chi connectivity index (χ0n) is 13.2. The highest BCUT2D eigenvalue weighted by molar-refractivity contribution is 5.98. The normalized spacial score (nSPS) is 10.3. The number of hydrogen-bond acceptors (Lipinski definition) is 5. The van der Waals surface area contributed by atoms with Gasteiger partial charge in [-0.15, -0.1) is 0 Å². The van der Waals surface area contributed by atoms with Crippen molar-refractivity contribution in [2.24, 2.45) is 5.73 Å². The van der Waals surface area contributed by atoms with Gasteiger partial charge in [0, 0.05) is 18.4 Å². The summed E-state index contributed by atoms with van der Waals surface area (Å²) in [4.78, 5) is 20.0. The third kappa shape index (κ3) is 4.29. The number of amides is 1. The summed E-state index contributed by atoms with van der Waals surface area (Å²) in [5, 5.41) is 6.05. The van der Waals surface area contributed by atoms with Crippen molar-refractivity contribution in [1.82, 2.24) is 9.97 Å². The smallest absolute Gasteiger partial charge is 0.254 e. The molecule has 126 valence electrons. The number of anilines is 3. The maximum Gasteiger partial charge on any atom is 0.254 e. The van der Waals surface area contributed by atoms with Crippen LogP contribution < -0.4 is 16.4 Å². The van der Waals surface area contributed by atoms with Crippen molar-refractivity contribution in [3.63, 3.8) is 0 Å². The number of carbonyl (C=O) groups is 1. The Balaban J connectivity index is 1.81. The van der Waals surface area contributed by atoms with Crippen molar-refractivity contribution in [3.05, 3.63) is 77.7 Å². The highest BCUT2D eigenvalue weighted by atomic mass is 19.1. The van der Waals surface area contributed by atoms with Crippen LogP contribution in [0.25, 0.3) is 0 Å². The van der Waals surface area contributed by atoms with Gasteiger partial charge >= 0.3 is 0 Å². The topological polar surface area (TPSA) is 92.9 Å². The van der Waals surface area contributed by atoms with E-state index in [-0.39, 0.29) is 11.4 Å². The van der Waals surface area contributed by atoms with E-state index in [1.165, 1.54) is 18.3 Å². The standard InChI is InChI=1S/C18H16FN5O/c19-13-6-4-5-12(9-13)10-21-18-22-11-15(16(20)25)17(24-18)23-14-7-2-1-3-8-14/h1-9,11H,10H2,(H2,20,25)(H2,21,22,23,24). The predicted octanol–water partition coefficient (Wildman–Crippen LogP) is 3.07. The van der Waals surface area contributed by atoms with Crippen molar-refractivity contribution in [2.45, 2.75) is 6.54 Å². The summed E-state index contributed by atoms with van der Waals surface area (Å²) < 4.78 is 13.2. The number of carbonyl (C=O) groups excluding carboxylic acids is 1. The van der Waals surface area contributed by atoms with Gasteiger partial charge in [0.15, 0.2) is 0 Å². The number of benzene rings is 2. The van der Waals surface area contributed by atoms with Gasteiger partial charge in [0.05, 0.1) is 0 Å². The molecule has 1 heterocycles. The van der Waals surface area contributed by atoms with Crippen LogP contribution in [0.5, 0.6) is 0 Å². The van der Waals surface area contributed by atoms with Gasteiger partial charge in [0.25, 0.3) is 5.91 Å².